The van der Waals surface area contributed by atoms with Crippen molar-refractivity contribution < 1.29 is 24.4 Å². The van der Waals surface area contributed by atoms with E-state index in [1.807, 2.05) is 53.8 Å². The lowest BCUT2D eigenvalue weighted by molar-refractivity contribution is -0.674. The van der Waals surface area contributed by atoms with Gasteiger partial charge in [0.15, 0.2) is 17.5 Å². The molecule has 0 bridgehead atoms. The first-order chi connectivity index (χ1) is 13.6. The van der Waals surface area contributed by atoms with Crippen LogP contribution in [0, 0.1) is 0 Å². The molecule has 28 heavy (non-hydrogen) atoms. The quantitative estimate of drug-likeness (QED) is 0.660. The van der Waals surface area contributed by atoms with Crippen molar-refractivity contribution in [2.24, 2.45) is 0 Å². The molecule has 2 amide bonds. The second-order valence-electron chi connectivity index (χ2n) is 6.89. The maximum absolute atomic E-state index is 12.6. The van der Waals surface area contributed by atoms with Crippen LogP contribution in [0.2, 0.25) is 0 Å². The van der Waals surface area contributed by atoms with E-state index in [2.05, 4.69) is 0 Å². The summed E-state index contributed by atoms with van der Waals surface area (Å²) in [5.41, 5.74) is 2.23. The molecule has 2 N–H and O–H groups in total. The van der Waals surface area contributed by atoms with E-state index >= 15 is 0 Å². The Labute approximate surface area is 165 Å². The predicted octanol–water partition coefficient (Wildman–Crippen LogP) is 1.18. The number of benzene rings is 2. The van der Waals surface area contributed by atoms with Crippen molar-refractivity contribution in [2.75, 3.05) is 27.3 Å². The molecular formula is C22H27N2O4+. The number of quaternary nitrogens is 1. The zero-order valence-electron chi connectivity index (χ0n) is 16.4. The number of nitrogens with zero attached hydrogens (tertiary/aromatic N) is 1. The van der Waals surface area contributed by atoms with Crippen molar-refractivity contribution in [3.8, 4) is 11.5 Å². The van der Waals surface area contributed by atoms with Crippen LogP contribution in [0.25, 0.3) is 0 Å². The molecule has 6 nitrogen and oxygen atoms in total. The third-order valence-corrected chi connectivity index (χ3v) is 5.08. The second-order valence-corrected chi connectivity index (χ2v) is 6.89. The molecule has 0 aromatic heterocycles. The molecule has 6 heteroatoms. The van der Waals surface area contributed by atoms with Crippen LogP contribution in [0.15, 0.2) is 48.5 Å². The fourth-order valence-corrected chi connectivity index (χ4v) is 3.50. The van der Waals surface area contributed by atoms with Gasteiger partial charge in [-0.25, -0.2) is 0 Å². The molecule has 0 aliphatic carbocycles. The molecule has 3 rings (SSSR count). The molecule has 0 unspecified atom stereocenters. The minimum Gasteiger partial charge on any atom is -0.493 e. The van der Waals surface area contributed by atoms with Crippen LogP contribution in [-0.4, -0.2) is 50.1 Å². The monoisotopic (exact) mass is 383 g/mol. The topological polar surface area (TPSA) is 72.5 Å². The van der Waals surface area contributed by atoms with Crippen molar-refractivity contribution >= 4 is 11.8 Å². The van der Waals surface area contributed by atoms with Crippen molar-refractivity contribution in [1.82, 2.24) is 4.90 Å². The largest absolute Gasteiger partial charge is 0.493 e. The van der Waals surface area contributed by atoms with Crippen molar-refractivity contribution in [1.29, 1.82) is 0 Å². The van der Waals surface area contributed by atoms with Gasteiger partial charge in [0.2, 0.25) is 5.91 Å². The Morgan fingerprint density at radius 3 is 2.43 bits per heavy atom. The minimum absolute atomic E-state index is 0.0757. The van der Waals surface area contributed by atoms with Crippen LogP contribution in [0.4, 0.5) is 0 Å². The minimum atomic E-state index is -0.316. The Bertz CT molecular complexity index is 823. The number of rotatable bonds is 9. The summed E-state index contributed by atoms with van der Waals surface area (Å²) in [6, 6.07) is 15.4. The summed E-state index contributed by atoms with van der Waals surface area (Å²) >= 11 is 0. The zero-order valence-corrected chi connectivity index (χ0v) is 16.4. The number of carbonyl (C=O) groups excluding carboxylic acids is 2. The van der Waals surface area contributed by atoms with Gasteiger partial charge in [0.25, 0.3) is 5.91 Å². The first kappa shape index (κ1) is 19.9. The summed E-state index contributed by atoms with van der Waals surface area (Å²) in [6.45, 7) is 1.17. The van der Waals surface area contributed by atoms with Gasteiger partial charge in [-0.15, -0.1) is 0 Å². The van der Waals surface area contributed by atoms with E-state index in [0.717, 1.165) is 24.1 Å². The van der Waals surface area contributed by atoms with Crippen molar-refractivity contribution in [3.63, 3.8) is 0 Å². The molecule has 0 spiro atoms. The molecule has 1 heterocycles. The lowest BCUT2D eigenvalue weighted by Crippen LogP contribution is -2.92. The number of likely N-dealkylation sites (tertiary alicyclic amines) is 1. The van der Waals surface area contributed by atoms with Gasteiger partial charge >= 0.3 is 0 Å². The number of methoxy groups -OCH3 is 2. The van der Waals surface area contributed by atoms with Gasteiger partial charge in [-0.1, -0.05) is 36.4 Å². The Morgan fingerprint density at radius 1 is 0.964 bits per heavy atom. The number of hydrogen-bond acceptors (Lipinski definition) is 4. The highest BCUT2D eigenvalue weighted by Gasteiger charge is 2.40. The third kappa shape index (κ3) is 4.70. The normalized spacial score (nSPS) is 16.5. The van der Waals surface area contributed by atoms with Crippen LogP contribution in [0.1, 0.15) is 17.5 Å². The van der Waals surface area contributed by atoms with Crippen LogP contribution >= 0.6 is 0 Å². The van der Waals surface area contributed by atoms with Crippen LogP contribution in [0.5, 0.6) is 11.5 Å². The number of nitrogens with two attached hydrogens (primary N) is 1. The summed E-state index contributed by atoms with van der Waals surface area (Å²) in [6.07, 6.45) is 1.75. The molecule has 1 saturated heterocycles. The van der Waals surface area contributed by atoms with Crippen LogP contribution < -0.4 is 14.8 Å². The number of imide groups is 1. The SMILES string of the molecule is COc1ccc(CC[NH2+][C@H]2CC(=O)N(CCc3ccccc3)C2=O)cc1OC. The zero-order chi connectivity index (χ0) is 19.9. The van der Waals surface area contributed by atoms with E-state index < -0.39 is 0 Å². The van der Waals surface area contributed by atoms with Crippen molar-refractivity contribution in [2.45, 2.75) is 25.3 Å². The Kier molecular flexibility index (Phi) is 6.66. The highest BCUT2D eigenvalue weighted by Crippen LogP contribution is 2.27. The van der Waals surface area contributed by atoms with Gasteiger partial charge in [-0.2, -0.15) is 0 Å². The van der Waals surface area contributed by atoms with Gasteiger partial charge in [0.05, 0.1) is 27.2 Å². The fourth-order valence-electron chi connectivity index (χ4n) is 3.50. The smallest absolute Gasteiger partial charge is 0.287 e. The van der Waals surface area contributed by atoms with Gasteiger partial charge in [0, 0.05) is 13.0 Å². The molecule has 1 aliphatic heterocycles. The third-order valence-electron chi connectivity index (χ3n) is 5.08. The van der Waals surface area contributed by atoms with Crippen LogP contribution in [0.3, 0.4) is 0 Å². The summed E-state index contributed by atoms with van der Waals surface area (Å²) in [7, 11) is 3.22. The van der Waals surface area contributed by atoms with E-state index in [1.54, 1.807) is 14.2 Å². The summed E-state index contributed by atoms with van der Waals surface area (Å²) < 4.78 is 10.6. The van der Waals surface area contributed by atoms with E-state index in [1.165, 1.54) is 4.90 Å². The Hall–Kier alpha value is -2.86. The Balaban J connectivity index is 1.50. The van der Waals surface area contributed by atoms with Gasteiger partial charge in [0.1, 0.15) is 0 Å². The average Bonchev–Trinajstić information content (AvgIpc) is 3.00. The highest BCUT2D eigenvalue weighted by molar-refractivity contribution is 6.04. The summed E-state index contributed by atoms with van der Waals surface area (Å²) in [5, 5.41) is 1.97. The lowest BCUT2D eigenvalue weighted by atomic mass is 10.1. The summed E-state index contributed by atoms with van der Waals surface area (Å²) in [4.78, 5) is 26.3. The molecule has 0 radical (unpaired) electrons. The van der Waals surface area contributed by atoms with E-state index in [4.69, 9.17) is 9.47 Å². The Morgan fingerprint density at radius 2 is 1.71 bits per heavy atom. The first-order valence-corrected chi connectivity index (χ1v) is 9.54. The standard InChI is InChI=1S/C22H26N2O4/c1-27-19-9-8-17(14-20(19)28-2)10-12-23-18-15-21(25)24(22(18)26)13-11-16-6-4-3-5-7-16/h3-9,14,18,23H,10-13,15H2,1-2H3/p+1/t18-/m0/s1. The molecule has 1 atom stereocenters. The van der Waals surface area contributed by atoms with E-state index in [-0.39, 0.29) is 24.3 Å². The number of carbonyl (C=O) groups is 2. The van der Waals surface area contributed by atoms with E-state index in [9.17, 15) is 9.59 Å². The van der Waals surface area contributed by atoms with Crippen LogP contribution in [-0.2, 0) is 22.4 Å². The van der Waals surface area contributed by atoms with Gasteiger partial charge < -0.3 is 14.8 Å². The lowest BCUT2D eigenvalue weighted by Gasteiger charge is -2.14. The number of ether oxygens (including phenoxy) is 2. The molecular weight excluding hydrogens is 356 g/mol. The molecule has 148 valence electrons. The molecule has 1 aliphatic rings. The maximum Gasteiger partial charge on any atom is 0.287 e. The van der Waals surface area contributed by atoms with E-state index in [0.29, 0.717) is 24.5 Å². The fraction of sp³-hybridized carbons (Fsp3) is 0.364. The number of hydrogen-bond donors (Lipinski definition) is 1. The predicted molar refractivity (Wildman–Crippen MR) is 105 cm³/mol. The molecule has 2 aromatic rings. The second kappa shape index (κ2) is 9.37. The van der Waals surface area contributed by atoms with Crippen molar-refractivity contribution in [3.05, 3.63) is 59.7 Å². The number of amides is 2. The van der Waals surface area contributed by atoms with Gasteiger partial charge in [-0.3, -0.25) is 14.5 Å². The maximum atomic E-state index is 12.6. The molecule has 0 saturated carbocycles. The first-order valence-electron chi connectivity index (χ1n) is 9.54. The highest BCUT2D eigenvalue weighted by atomic mass is 16.5. The molecule has 2 aromatic carbocycles. The molecule has 1 fully saturated rings. The average molecular weight is 383 g/mol. The summed E-state index contributed by atoms with van der Waals surface area (Å²) in [5.74, 6) is 1.24. The van der Waals surface area contributed by atoms with Gasteiger partial charge in [-0.05, 0) is 29.7 Å².